The lowest BCUT2D eigenvalue weighted by molar-refractivity contribution is 0.311. The van der Waals surface area contributed by atoms with Gasteiger partial charge in [-0.2, -0.15) is 0 Å². The number of benzene rings is 1. The van der Waals surface area contributed by atoms with Gasteiger partial charge >= 0.3 is 0 Å². The van der Waals surface area contributed by atoms with Crippen molar-refractivity contribution in [1.82, 2.24) is 10.2 Å². The number of nitrogens with zero attached hydrogens (tertiary/aromatic N) is 1. The van der Waals surface area contributed by atoms with Gasteiger partial charge in [0.2, 0.25) is 0 Å². The summed E-state index contributed by atoms with van der Waals surface area (Å²) in [7, 11) is 2.56. The van der Waals surface area contributed by atoms with Gasteiger partial charge in [-0.15, -0.1) is 0 Å². The maximum absolute atomic E-state index is 11.2. The Balaban J connectivity index is 2.61. The number of rotatable bonds is 8. The van der Waals surface area contributed by atoms with Crippen LogP contribution in [0.1, 0.15) is 11.6 Å². The predicted molar refractivity (Wildman–Crippen MR) is 82.0 cm³/mol. The highest BCUT2D eigenvalue weighted by molar-refractivity contribution is 7.90. The molecule has 0 radical (unpaired) electrons. The summed E-state index contributed by atoms with van der Waals surface area (Å²) < 4.78 is 27.5. The summed E-state index contributed by atoms with van der Waals surface area (Å²) in [4.78, 5) is 2.02. The number of sulfone groups is 1. The fourth-order valence-electron chi connectivity index (χ4n) is 1.92. The number of likely N-dealkylation sites (N-methyl/N-ethyl adjacent to an activating group) is 2. The van der Waals surface area contributed by atoms with E-state index >= 15 is 0 Å². The van der Waals surface area contributed by atoms with Crippen molar-refractivity contribution in [3.05, 3.63) is 29.8 Å². The van der Waals surface area contributed by atoms with E-state index in [1.54, 1.807) is 7.11 Å². The highest BCUT2D eigenvalue weighted by atomic mass is 32.2. The van der Waals surface area contributed by atoms with Crippen LogP contribution in [0.3, 0.4) is 0 Å². The summed E-state index contributed by atoms with van der Waals surface area (Å²) in [6.07, 6.45) is 1.26. The molecular weight excluding hydrogens is 276 g/mol. The molecule has 0 bridgehead atoms. The Morgan fingerprint density at radius 1 is 1.30 bits per heavy atom. The summed E-state index contributed by atoms with van der Waals surface area (Å²) in [5.74, 6) is 1.01. The van der Waals surface area contributed by atoms with Gasteiger partial charge in [-0.25, -0.2) is 8.42 Å². The van der Waals surface area contributed by atoms with E-state index in [0.717, 1.165) is 17.9 Å². The molecule has 5 nitrogen and oxygen atoms in total. The minimum absolute atomic E-state index is 0.158. The Kier molecular flexibility index (Phi) is 6.45. The molecule has 1 rings (SSSR count). The average Bonchev–Trinajstić information content (AvgIpc) is 2.42. The van der Waals surface area contributed by atoms with Crippen LogP contribution >= 0.6 is 0 Å². The molecule has 1 aromatic rings. The van der Waals surface area contributed by atoms with Crippen molar-refractivity contribution < 1.29 is 13.2 Å². The Morgan fingerprint density at radius 3 is 2.35 bits per heavy atom. The molecule has 0 saturated carbocycles. The van der Waals surface area contributed by atoms with E-state index in [0.29, 0.717) is 6.54 Å². The lowest BCUT2D eigenvalue weighted by Gasteiger charge is -2.24. The van der Waals surface area contributed by atoms with E-state index in [4.69, 9.17) is 4.74 Å². The second-order valence-corrected chi connectivity index (χ2v) is 7.27. The van der Waals surface area contributed by atoms with Crippen LogP contribution in [-0.4, -0.2) is 59.6 Å². The molecule has 0 aromatic heterocycles. The van der Waals surface area contributed by atoms with Crippen molar-refractivity contribution >= 4 is 9.84 Å². The van der Waals surface area contributed by atoms with E-state index in [1.807, 2.05) is 43.3 Å². The molecule has 6 heteroatoms. The molecule has 0 spiro atoms. The number of hydrogen-bond donors (Lipinski definition) is 1. The maximum Gasteiger partial charge on any atom is 0.148 e. The number of ether oxygens (including phenoxy) is 1. The smallest absolute Gasteiger partial charge is 0.148 e. The Labute approximate surface area is 121 Å². The molecule has 1 atom stereocenters. The third kappa shape index (κ3) is 5.90. The first kappa shape index (κ1) is 16.9. The van der Waals surface area contributed by atoms with E-state index in [1.165, 1.54) is 6.26 Å². The van der Waals surface area contributed by atoms with E-state index in [-0.39, 0.29) is 11.8 Å². The van der Waals surface area contributed by atoms with E-state index in [9.17, 15) is 8.42 Å². The Bertz CT molecular complexity index is 500. The van der Waals surface area contributed by atoms with Gasteiger partial charge in [0.1, 0.15) is 15.6 Å². The molecular formula is C14H24N2O3S. The first-order chi connectivity index (χ1) is 9.35. The van der Waals surface area contributed by atoms with Crippen LogP contribution in [0, 0.1) is 0 Å². The van der Waals surface area contributed by atoms with Crippen molar-refractivity contribution in [3.8, 4) is 5.75 Å². The van der Waals surface area contributed by atoms with Crippen molar-refractivity contribution in [1.29, 1.82) is 0 Å². The second kappa shape index (κ2) is 7.61. The molecule has 1 N–H and O–H groups in total. The fraction of sp³-hybridized carbons (Fsp3) is 0.571. The minimum Gasteiger partial charge on any atom is -0.497 e. The Morgan fingerprint density at radius 2 is 1.90 bits per heavy atom. The lowest BCUT2D eigenvalue weighted by atomic mass is 10.1. The number of methoxy groups -OCH3 is 1. The minimum atomic E-state index is -2.91. The topological polar surface area (TPSA) is 58.6 Å². The van der Waals surface area contributed by atoms with Crippen molar-refractivity contribution in [2.45, 2.75) is 6.04 Å². The summed E-state index contributed by atoms with van der Waals surface area (Å²) in [6.45, 7) is 1.28. The highest BCUT2D eigenvalue weighted by Gasteiger charge is 2.13. The van der Waals surface area contributed by atoms with Gasteiger partial charge in [0.05, 0.1) is 12.9 Å². The van der Waals surface area contributed by atoms with E-state index in [2.05, 4.69) is 5.32 Å². The van der Waals surface area contributed by atoms with E-state index < -0.39 is 9.84 Å². The zero-order valence-corrected chi connectivity index (χ0v) is 13.4. The highest BCUT2D eigenvalue weighted by Crippen LogP contribution is 2.18. The molecule has 0 aliphatic carbocycles. The van der Waals surface area contributed by atoms with Crippen LogP contribution < -0.4 is 10.1 Å². The molecule has 0 aliphatic heterocycles. The first-order valence-electron chi connectivity index (χ1n) is 6.53. The van der Waals surface area contributed by atoms with Crippen LogP contribution in [0.25, 0.3) is 0 Å². The van der Waals surface area contributed by atoms with Gasteiger partial charge in [-0.3, -0.25) is 0 Å². The van der Waals surface area contributed by atoms with Crippen molar-refractivity contribution in [3.63, 3.8) is 0 Å². The van der Waals surface area contributed by atoms with Gasteiger partial charge in [0.15, 0.2) is 0 Å². The largest absolute Gasteiger partial charge is 0.497 e. The van der Waals surface area contributed by atoms with Crippen LogP contribution in [0.15, 0.2) is 24.3 Å². The van der Waals surface area contributed by atoms with Gasteiger partial charge in [0, 0.05) is 25.4 Å². The van der Waals surface area contributed by atoms with Gasteiger partial charge in [-0.05, 0) is 31.8 Å². The van der Waals surface area contributed by atoms with Crippen molar-refractivity contribution in [2.24, 2.45) is 0 Å². The normalized spacial score (nSPS) is 13.4. The summed E-state index contributed by atoms with van der Waals surface area (Å²) in [5, 5.41) is 3.25. The second-order valence-electron chi connectivity index (χ2n) is 5.01. The molecule has 0 heterocycles. The summed E-state index contributed by atoms with van der Waals surface area (Å²) >= 11 is 0. The third-order valence-corrected chi connectivity index (χ3v) is 4.13. The van der Waals surface area contributed by atoms with Crippen LogP contribution in [0.2, 0.25) is 0 Å². The standard InChI is InChI=1S/C14H24N2O3S/c1-15-14(11-16(2)9-10-20(4,17)18)12-5-7-13(19-3)8-6-12/h5-8,14-15H,9-11H2,1-4H3. The molecule has 20 heavy (non-hydrogen) atoms. The first-order valence-corrected chi connectivity index (χ1v) is 8.59. The fourth-order valence-corrected chi connectivity index (χ4v) is 2.57. The average molecular weight is 300 g/mol. The molecule has 1 unspecified atom stereocenters. The molecule has 0 saturated heterocycles. The lowest BCUT2D eigenvalue weighted by Crippen LogP contribution is -2.34. The van der Waals surface area contributed by atoms with Crippen LogP contribution in [0.5, 0.6) is 5.75 Å². The molecule has 1 aromatic carbocycles. The molecule has 0 aliphatic rings. The van der Waals surface area contributed by atoms with Gasteiger partial charge < -0.3 is 15.0 Å². The van der Waals surface area contributed by atoms with Crippen LogP contribution in [-0.2, 0) is 9.84 Å². The van der Waals surface area contributed by atoms with Gasteiger partial charge in [0.25, 0.3) is 0 Å². The number of nitrogens with one attached hydrogen (secondary N) is 1. The number of hydrogen-bond acceptors (Lipinski definition) is 5. The summed E-state index contributed by atoms with van der Waals surface area (Å²) in [5.41, 5.74) is 1.15. The Hall–Kier alpha value is -1.11. The van der Waals surface area contributed by atoms with Crippen LogP contribution in [0.4, 0.5) is 0 Å². The zero-order valence-electron chi connectivity index (χ0n) is 12.6. The quantitative estimate of drug-likeness (QED) is 0.774. The third-order valence-electron chi connectivity index (χ3n) is 3.20. The molecule has 0 amide bonds. The van der Waals surface area contributed by atoms with Crippen molar-refractivity contribution in [2.75, 3.05) is 46.3 Å². The monoisotopic (exact) mass is 300 g/mol. The maximum atomic E-state index is 11.2. The SMILES string of the molecule is CNC(CN(C)CCS(C)(=O)=O)c1ccc(OC)cc1. The van der Waals surface area contributed by atoms with Gasteiger partial charge in [-0.1, -0.05) is 12.1 Å². The summed E-state index contributed by atoms with van der Waals surface area (Å²) in [6, 6.07) is 8.05. The zero-order chi connectivity index (χ0) is 15.2. The predicted octanol–water partition coefficient (Wildman–Crippen LogP) is 0.932. The molecule has 0 fully saturated rings. The molecule has 114 valence electrons.